The van der Waals surface area contributed by atoms with Crippen molar-refractivity contribution in [2.24, 2.45) is 5.92 Å². The third-order valence-electron chi connectivity index (χ3n) is 4.13. The number of benzene rings is 1. The molecule has 0 saturated heterocycles. The van der Waals surface area contributed by atoms with E-state index in [-0.39, 0.29) is 0 Å². The van der Waals surface area contributed by atoms with Crippen molar-refractivity contribution in [1.29, 1.82) is 0 Å². The predicted molar refractivity (Wildman–Crippen MR) is 79.7 cm³/mol. The molecule has 0 spiro atoms. The SMILES string of the molecule is CCCCC1CCC/C1=C\CCc1ccccc1. The van der Waals surface area contributed by atoms with Crippen LogP contribution in [0.25, 0.3) is 0 Å². The highest BCUT2D eigenvalue weighted by atomic mass is 14.2. The number of aryl methyl sites for hydroxylation is 1. The van der Waals surface area contributed by atoms with E-state index >= 15 is 0 Å². The second-order valence-corrected chi connectivity index (χ2v) is 5.53. The standard InChI is InChI=1S/C18H26/c1-2-3-12-17-14-8-15-18(17)13-7-11-16-9-5-4-6-10-16/h4-6,9-10,13,17H,2-3,7-8,11-12,14-15H2,1H3/b18-13+. The number of allylic oxidation sites excluding steroid dienone is 2. The molecule has 0 amide bonds. The first-order valence-electron chi connectivity index (χ1n) is 7.63. The molecule has 1 atom stereocenters. The monoisotopic (exact) mass is 242 g/mol. The van der Waals surface area contributed by atoms with Gasteiger partial charge in [-0.25, -0.2) is 0 Å². The van der Waals surface area contributed by atoms with E-state index in [2.05, 4.69) is 43.3 Å². The molecule has 0 heterocycles. The molecule has 0 N–H and O–H groups in total. The highest BCUT2D eigenvalue weighted by Crippen LogP contribution is 2.34. The molecule has 2 rings (SSSR count). The average Bonchev–Trinajstić information content (AvgIpc) is 2.85. The summed E-state index contributed by atoms with van der Waals surface area (Å²) < 4.78 is 0. The van der Waals surface area contributed by atoms with Crippen LogP contribution in [-0.4, -0.2) is 0 Å². The molecule has 1 aromatic carbocycles. The Morgan fingerprint density at radius 1 is 1.22 bits per heavy atom. The zero-order valence-corrected chi connectivity index (χ0v) is 11.7. The molecular weight excluding hydrogens is 216 g/mol. The molecule has 0 nitrogen and oxygen atoms in total. The average molecular weight is 242 g/mol. The summed E-state index contributed by atoms with van der Waals surface area (Å²) in [7, 11) is 0. The maximum atomic E-state index is 2.54. The van der Waals surface area contributed by atoms with Crippen molar-refractivity contribution < 1.29 is 0 Å². The van der Waals surface area contributed by atoms with E-state index in [9.17, 15) is 0 Å². The molecule has 18 heavy (non-hydrogen) atoms. The largest absolute Gasteiger partial charge is 0.0847 e. The number of rotatable bonds is 6. The Bertz CT molecular complexity index is 361. The van der Waals surface area contributed by atoms with Crippen LogP contribution in [0.15, 0.2) is 42.0 Å². The van der Waals surface area contributed by atoms with Crippen molar-refractivity contribution in [2.75, 3.05) is 0 Å². The molecule has 1 fully saturated rings. The predicted octanol–water partition coefficient (Wildman–Crippen LogP) is 5.54. The molecule has 98 valence electrons. The zero-order chi connectivity index (χ0) is 12.6. The van der Waals surface area contributed by atoms with Crippen LogP contribution in [0.2, 0.25) is 0 Å². The number of hydrogen-bond acceptors (Lipinski definition) is 0. The van der Waals surface area contributed by atoms with Crippen LogP contribution in [-0.2, 0) is 6.42 Å². The topological polar surface area (TPSA) is 0 Å². The van der Waals surface area contributed by atoms with Crippen LogP contribution in [0.5, 0.6) is 0 Å². The van der Waals surface area contributed by atoms with Crippen molar-refractivity contribution in [1.82, 2.24) is 0 Å². The van der Waals surface area contributed by atoms with Gasteiger partial charge in [0, 0.05) is 0 Å². The first-order chi connectivity index (χ1) is 8.90. The summed E-state index contributed by atoms with van der Waals surface area (Å²) in [5.74, 6) is 0.917. The van der Waals surface area contributed by atoms with Crippen molar-refractivity contribution in [3.8, 4) is 0 Å². The molecule has 1 aliphatic carbocycles. The third kappa shape index (κ3) is 4.01. The van der Waals surface area contributed by atoms with E-state index < -0.39 is 0 Å². The molecule has 1 aliphatic rings. The van der Waals surface area contributed by atoms with Gasteiger partial charge >= 0.3 is 0 Å². The van der Waals surface area contributed by atoms with Gasteiger partial charge in [0.1, 0.15) is 0 Å². The lowest BCUT2D eigenvalue weighted by atomic mass is 9.95. The minimum absolute atomic E-state index is 0.917. The normalized spacial score (nSPS) is 21.6. The fraction of sp³-hybridized carbons (Fsp3) is 0.556. The van der Waals surface area contributed by atoms with E-state index in [1.165, 1.54) is 56.9 Å². The molecular formula is C18H26. The quantitative estimate of drug-likeness (QED) is 0.575. The van der Waals surface area contributed by atoms with Crippen LogP contribution in [0.1, 0.15) is 57.4 Å². The van der Waals surface area contributed by atoms with Crippen molar-refractivity contribution >= 4 is 0 Å². The Hall–Kier alpha value is -1.04. The Balaban J connectivity index is 1.81. The van der Waals surface area contributed by atoms with Gasteiger partial charge in [-0.2, -0.15) is 0 Å². The fourth-order valence-corrected chi connectivity index (χ4v) is 3.06. The summed E-state index contributed by atoms with van der Waals surface area (Å²) in [6.45, 7) is 2.30. The fourth-order valence-electron chi connectivity index (χ4n) is 3.06. The first kappa shape index (κ1) is 13.4. The lowest BCUT2D eigenvalue weighted by molar-refractivity contribution is 0.539. The van der Waals surface area contributed by atoms with Crippen molar-refractivity contribution in [3.05, 3.63) is 47.5 Å². The second kappa shape index (κ2) is 7.41. The summed E-state index contributed by atoms with van der Waals surface area (Å²) in [5, 5.41) is 0. The summed E-state index contributed by atoms with van der Waals surface area (Å²) in [4.78, 5) is 0. The molecule has 0 aromatic heterocycles. The highest BCUT2D eigenvalue weighted by Gasteiger charge is 2.19. The number of unbranched alkanes of at least 4 members (excludes halogenated alkanes) is 1. The highest BCUT2D eigenvalue weighted by molar-refractivity contribution is 5.17. The maximum Gasteiger partial charge on any atom is -0.0203 e. The van der Waals surface area contributed by atoms with Gasteiger partial charge in [-0.05, 0) is 50.0 Å². The van der Waals surface area contributed by atoms with E-state index in [0.717, 1.165) is 5.92 Å². The Kier molecular flexibility index (Phi) is 5.51. The molecule has 0 bridgehead atoms. The van der Waals surface area contributed by atoms with Gasteiger partial charge in [0.25, 0.3) is 0 Å². The first-order valence-corrected chi connectivity index (χ1v) is 7.63. The van der Waals surface area contributed by atoms with Gasteiger partial charge in [-0.15, -0.1) is 0 Å². The van der Waals surface area contributed by atoms with Gasteiger partial charge in [-0.3, -0.25) is 0 Å². The summed E-state index contributed by atoms with van der Waals surface area (Å²) in [6, 6.07) is 10.9. The van der Waals surface area contributed by atoms with Crippen LogP contribution in [0, 0.1) is 5.92 Å². The Morgan fingerprint density at radius 2 is 2.06 bits per heavy atom. The Morgan fingerprint density at radius 3 is 2.83 bits per heavy atom. The van der Waals surface area contributed by atoms with Crippen molar-refractivity contribution in [2.45, 2.75) is 58.3 Å². The zero-order valence-electron chi connectivity index (χ0n) is 11.7. The Labute approximate surface area is 112 Å². The van der Waals surface area contributed by atoms with E-state index in [0.29, 0.717) is 0 Å². The van der Waals surface area contributed by atoms with Gasteiger partial charge in [0.15, 0.2) is 0 Å². The summed E-state index contributed by atoms with van der Waals surface area (Å²) in [6.07, 6.45) is 13.4. The van der Waals surface area contributed by atoms with Gasteiger partial charge < -0.3 is 0 Å². The third-order valence-corrected chi connectivity index (χ3v) is 4.13. The van der Waals surface area contributed by atoms with Crippen LogP contribution < -0.4 is 0 Å². The second-order valence-electron chi connectivity index (χ2n) is 5.53. The molecule has 0 heteroatoms. The van der Waals surface area contributed by atoms with Gasteiger partial charge in [0.05, 0.1) is 0 Å². The molecule has 0 radical (unpaired) electrons. The number of hydrogen-bond donors (Lipinski definition) is 0. The van der Waals surface area contributed by atoms with Crippen LogP contribution in [0.3, 0.4) is 0 Å². The van der Waals surface area contributed by atoms with E-state index in [4.69, 9.17) is 0 Å². The minimum atomic E-state index is 0.917. The molecule has 0 aliphatic heterocycles. The van der Waals surface area contributed by atoms with Crippen LogP contribution in [0.4, 0.5) is 0 Å². The van der Waals surface area contributed by atoms with Crippen LogP contribution >= 0.6 is 0 Å². The molecule has 1 unspecified atom stereocenters. The minimum Gasteiger partial charge on any atom is -0.0847 e. The van der Waals surface area contributed by atoms with Gasteiger partial charge in [-0.1, -0.05) is 61.7 Å². The maximum absolute atomic E-state index is 2.54. The van der Waals surface area contributed by atoms with Crippen molar-refractivity contribution in [3.63, 3.8) is 0 Å². The molecule has 1 saturated carbocycles. The lowest BCUT2D eigenvalue weighted by Crippen LogP contribution is -1.96. The van der Waals surface area contributed by atoms with E-state index in [1.807, 2.05) is 0 Å². The van der Waals surface area contributed by atoms with E-state index in [1.54, 1.807) is 5.57 Å². The smallest absolute Gasteiger partial charge is 0.0203 e. The lowest BCUT2D eigenvalue weighted by Gasteiger charge is -2.11. The summed E-state index contributed by atoms with van der Waals surface area (Å²) >= 11 is 0. The van der Waals surface area contributed by atoms with Gasteiger partial charge in [0.2, 0.25) is 0 Å². The molecule has 1 aromatic rings. The summed E-state index contributed by atoms with van der Waals surface area (Å²) in [5.41, 5.74) is 3.23.